The van der Waals surface area contributed by atoms with Gasteiger partial charge in [-0.1, -0.05) is 42.8 Å². The van der Waals surface area contributed by atoms with Crippen LogP contribution in [0.15, 0.2) is 22.7 Å². The molecule has 1 atom stereocenters. The summed E-state index contributed by atoms with van der Waals surface area (Å²) in [7, 11) is 1.94. The molecular formula is C14H21BrFN. The molecular weight excluding hydrogens is 281 g/mol. The van der Waals surface area contributed by atoms with Crippen molar-refractivity contribution < 1.29 is 4.39 Å². The summed E-state index contributed by atoms with van der Waals surface area (Å²) in [5.41, 5.74) is 0.964. The van der Waals surface area contributed by atoms with Gasteiger partial charge in [-0.3, -0.25) is 0 Å². The number of halogens is 2. The third kappa shape index (κ3) is 4.40. The van der Waals surface area contributed by atoms with Crippen molar-refractivity contribution >= 4 is 15.9 Å². The van der Waals surface area contributed by atoms with Crippen molar-refractivity contribution in [2.45, 2.75) is 27.2 Å². The normalized spacial score (nSPS) is 13.8. The van der Waals surface area contributed by atoms with Gasteiger partial charge in [0.25, 0.3) is 0 Å². The molecule has 0 amide bonds. The molecule has 1 aromatic rings. The standard InChI is InChI=1S/C14H21BrFN/c1-14(2,3)11(9-17-4)7-10-5-6-12(15)8-13(10)16/h5-6,8,11,17H,7,9H2,1-4H3. The lowest BCUT2D eigenvalue weighted by atomic mass is 9.77. The second-order valence-electron chi connectivity index (χ2n) is 5.56. The van der Waals surface area contributed by atoms with Gasteiger partial charge in [0, 0.05) is 4.47 Å². The second kappa shape index (κ2) is 5.96. The smallest absolute Gasteiger partial charge is 0.127 e. The zero-order chi connectivity index (χ0) is 13.1. The van der Waals surface area contributed by atoms with Crippen molar-refractivity contribution in [3.8, 4) is 0 Å². The Morgan fingerprint density at radius 3 is 2.47 bits per heavy atom. The van der Waals surface area contributed by atoms with Gasteiger partial charge < -0.3 is 5.32 Å². The van der Waals surface area contributed by atoms with E-state index < -0.39 is 0 Å². The molecule has 0 fully saturated rings. The highest BCUT2D eigenvalue weighted by Gasteiger charge is 2.25. The van der Waals surface area contributed by atoms with Crippen molar-refractivity contribution in [3.05, 3.63) is 34.1 Å². The van der Waals surface area contributed by atoms with Gasteiger partial charge in [0.1, 0.15) is 5.82 Å². The summed E-state index contributed by atoms with van der Waals surface area (Å²) in [6, 6.07) is 5.31. The summed E-state index contributed by atoms with van der Waals surface area (Å²) in [6.07, 6.45) is 0.767. The van der Waals surface area contributed by atoms with Gasteiger partial charge in [0.15, 0.2) is 0 Å². The molecule has 0 radical (unpaired) electrons. The van der Waals surface area contributed by atoms with Crippen LogP contribution in [-0.4, -0.2) is 13.6 Å². The monoisotopic (exact) mass is 301 g/mol. The van der Waals surface area contributed by atoms with E-state index in [0.29, 0.717) is 5.92 Å². The molecule has 3 heteroatoms. The third-order valence-corrected chi connectivity index (χ3v) is 3.65. The van der Waals surface area contributed by atoms with E-state index in [4.69, 9.17) is 0 Å². The van der Waals surface area contributed by atoms with E-state index in [1.165, 1.54) is 6.07 Å². The lowest BCUT2D eigenvalue weighted by molar-refractivity contribution is 0.233. The van der Waals surface area contributed by atoms with Gasteiger partial charge in [0.2, 0.25) is 0 Å². The number of rotatable bonds is 4. The highest BCUT2D eigenvalue weighted by Crippen LogP contribution is 2.29. The van der Waals surface area contributed by atoms with Crippen LogP contribution in [0.5, 0.6) is 0 Å². The van der Waals surface area contributed by atoms with Crippen molar-refractivity contribution in [1.29, 1.82) is 0 Å². The molecule has 1 N–H and O–H groups in total. The second-order valence-corrected chi connectivity index (χ2v) is 6.48. The fraction of sp³-hybridized carbons (Fsp3) is 0.571. The van der Waals surface area contributed by atoms with E-state index in [9.17, 15) is 4.39 Å². The molecule has 0 saturated carbocycles. The van der Waals surface area contributed by atoms with Gasteiger partial charge in [-0.15, -0.1) is 0 Å². The van der Waals surface area contributed by atoms with E-state index in [-0.39, 0.29) is 11.2 Å². The molecule has 0 heterocycles. The Morgan fingerprint density at radius 2 is 2.00 bits per heavy atom. The molecule has 0 spiro atoms. The first-order valence-corrected chi connectivity index (χ1v) is 6.72. The average Bonchev–Trinajstić information content (AvgIpc) is 2.19. The predicted octanol–water partition coefficient (Wildman–Crippen LogP) is 4.01. The summed E-state index contributed by atoms with van der Waals surface area (Å²) >= 11 is 3.28. The predicted molar refractivity (Wildman–Crippen MR) is 74.7 cm³/mol. The van der Waals surface area contributed by atoms with Gasteiger partial charge >= 0.3 is 0 Å². The van der Waals surface area contributed by atoms with Crippen LogP contribution >= 0.6 is 15.9 Å². The van der Waals surface area contributed by atoms with Gasteiger partial charge in [-0.25, -0.2) is 4.39 Å². The zero-order valence-electron chi connectivity index (χ0n) is 11.0. The molecule has 17 heavy (non-hydrogen) atoms. The zero-order valence-corrected chi connectivity index (χ0v) is 12.6. The Hall–Kier alpha value is -0.410. The van der Waals surface area contributed by atoms with Crippen molar-refractivity contribution in [2.24, 2.45) is 11.3 Å². The maximum Gasteiger partial charge on any atom is 0.127 e. The van der Waals surface area contributed by atoms with Gasteiger partial charge in [0.05, 0.1) is 0 Å². The molecule has 0 bridgehead atoms. The fourth-order valence-corrected chi connectivity index (χ4v) is 2.22. The van der Waals surface area contributed by atoms with Crippen LogP contribution in [0, 0.1) is 17.2 Å². The minimum atomic E-state index is -0.121. The Bertz CT molecular complexity index is 371. The SMILES string of the molecule is CNCC(Cc1ccc(Br)cc1F)C(C)(C)C. The third-order valence-electron chi connectivity index (χ3n) is 3.16. The average molecular weight is 302 g/mol. The van der Waals surface area contributed by atoms with Crippen LogP contribution in [-0.2, 0) is 6.42 Å². The van der Waals surface area contributed by atoms with E-state index in [0.717, 1.165) is 23.0 Å². The Labute approximate surface area is 112 Å². The molecule has 1 nitrogen and oxygen atoms in total. The van der Waals surface area contributed by atoms with Crippen LogP contribution in [0.25, 0.3) is 0 Å². The fourth-order valence-electron chi connectivity index (χ4n) is 1.88. The van der Waals surface area contributed by atoms with Crippen LogP contribution in [0.2, 0.25) is 0 Å². The lowest BCUT2D eigenvalue weighted by Gasteiger charge is -2.31. The molecule has 1 rings (SSSR count). The molecule has 0 aliphatic rings. The Morgan fingerprint density at radius 1 is 1.35 bits per heavy atom. The lowest BCUT2D eigenvalue weighted by Crippen LogP contribution is -2.32. The summed E-state index contributed by atoms with van der Waals surface area (Å²) in [5.74, 6) is 0.299. The first-order valence-electron chi connectivity index (χ1n) is 5.93. The van der Waals surface area contributed by atoms with E-state index in [1.807, 2.05) is 19.2 Å². The summed E-state index contributed by atoms with van der Waals surface area (Å²) in [6.45, 7) is 7.50. The summed E-state index contributed by atoms with van der Waals surface area (Å²) in [4.78, 5) is 0. The summed E-state index contributed by atoms with van der Waals surface area (Å²) < 4.78 is 14.6. The molecule has 0 aliphatic carbocycles. The number of hydrogen-bond donors (Lipinski definition) is 1. The topological polar surface area (TPSA) is 12.0 Å². The Balaban J connectivity index is 2.86. The number of benzene rings is 1. The maximum atomic E-state index is 13.8. The van der Waals surface area contributed by atoms with Crippen LogP contribution in [0.4, 0.5) is 4.39 Å². The molecule has 96 valence electrons. The minimum Gasteiger partial charge on any atom is -0.319 e. The molecule has 0 saturated heterocycles. The van der Waals surface area contributed by atoms with E-state index in [1.54, 1.807) is 0 Å². The van der Waals surface area contributed by atoms with Crippen LogP contribution in [0.1, 0.15) is 26.3 Å². The van der Waals surface area contributed by atoms with E-state index >= 15 is 0 Å². The maximum absolute atomic E-state index is 13.8. The Kier molecular flexibility index (Phi) is 5.14. The minimum absolute atomic E-state index is 0.121. The molecule has 0 aliphatic heterocycles. The molecule has 1 aromatic carbocycles. The largest absolute Gasteiger partial charge is 0.319 e. The van der Waals surface area contributed by atoms with Gasteiger partial charge in [-0.2, -0.15) is 0 Å². The van der Waals surface area contributed by atoms with E-state index in [2.05, 4.69) is 42.0 Å². The van der Waals surface area contributed by atoms with Crippen molar-refractivity contribution in [3.63, 3.8) is 0 Å². The molecule has 0 aromatic heterocycles. The number of nitrogens with one attached hydrogen (secondary N) is 1. The summed E-state index contributed by atoms with van der Waals surface area (Å²) in [5, 5.41) is 3.19. The van der Waals surface area contributed by atoms with Crippen molar-refractivity contribution in [2.75, 3.05) is 13.6 Å². The van der Waals surface area contributed by atoms with Crippen LogP contribution < -0.4 is 5.32 Å². The number of hydrogen-bond acceptors (Lipinski definition) is 1. The molecule has 1 unspecified atom stereocenters. The first kappa shape index (κ1) is 14.7. The van der Waals surface area contributed by atoms with Crippen molar-refractivity contribution in [1.82, 2.24) is 5.32 Å². The van der Waals surface area contributed by atoms with Gasteiger partial charge in [-0.05, 0) is 49.0 Å². The van der Waals surface area contributed by atoms with Crippen LogP contribution in [0.3, 0.4) is 0 Å². The quantitative estimate of drug-likeness (QED) is 0.886. The highest BCUT2D eigenvalue weighted by molar-refractivity contribution is 9.10. The first-order chi connectivity index (χ1) is 7.84. The highest BCUT2D eigenvalue weighted by atomic mass is 79.9.